The average molecular weight is 397 g/mol. The second-order valence-electron chi connectivity index (χ2n) is 8.50. The number of nitrogens with two attached hydrogens (primary N) is 2. The van der Waals surface area contributed by atoms with E-state index in [9.17, 15) is 9.59 Å². The summed E-state index contributed by atoms with van der Waals surface area (Å²) in [5.41, 5.74) is 10.3. The molecular formula is C24H48N2O2. The first kappa shape index (κ1) is 26.9. The summed E-state index contributed by atoms with van der Waals surface area (Å²) in [4.78, 5) is 21.3. The van der Waals surface area contributed by atoms with Gasteiger partial charge in [-0.05, 0) is 12.8 Å². The zero-order chi connectivity index (χ0) is 20.7. The summed E-state index contributed by atoms with van der Waals surface area (Å²) in [6, 6.07) is 0. The molecule has 0 aromatic carbocycles. The summed E-state index contributed by atoms with van der Waals surface area (Å²) in [5, 5.41) is 0. The van der Waals surface area contributed by atoms with Crippen LogP contribution in [0.5, 0.6) is 0 Å². The van der Waals surface area contributed by atoms with E-state index in [1.54, 1.807) is 0 Å². The first-order valence-electron chi connectivity index (χ1n) is 12.2. The molecule has 4 N–H and O–H groups in total. The maximum absolute atomic E-state index is 10.6. The van der Waals surface area contributed by atoms with Gasteiger partial charge in [0.1, 0.15) is 0 Å². The fraction of sp³-hybridized carbons (Fsp3) is 0.917. The molecule has 2 amide bonds. The number of rotatable bonds is 23. The Balaban J connectivity index is 3.01. The Morgan fingerprint density at radius 1 is 0.321 bits per heavy atom. The minimum atomic E-state index is -0.162. The topological polar surface area (TPSA) is 86.2 Å². The molecule has 0 heterocycles. The molecule has 0 fully saturated rings. The summed E-state index contributed by atoms with van der Waals surface area (Å²) in [5.74, 6) is -0.324. The fourth-order valence-electron chi connectivity index (χ4n) is 3.78. The number of carbonyl (C=O) groups excluding carboxylic acids is 2. The quantitative estimate of drug-likeness (QED) is 0.192. The van der Waals surface area contributed by atoms with Crippen LogP contribution in [-0.4, -0.2) is 11.8 Å². The summed E-state index contributed by atoms with van der Waals surface area (Å²) in [6.07, 6.45) is 27.1. The van der Waals surface area contributed by atoms with Crippen molar-refractivity contribution in [2.24, 2.45) is 11.5 Å². The van der Waals surface area contributed by atoms with Crippen molar-refractivity contribution in [3.63, 3.8) is 0 Å². The zero-order valence-corrected chi connectivity index (χ0v) is 18.5. The third kappa shape index (κ3) is 24.9. The number of primary amides is 2. The van der Waals surface area contributed by atoms with E-state index in [1.807, 2.05) is 0 Å². The Bertz CT molecular complexity index is 325. The number of hydrogen-bond donors (Lipinski definition) is 2. The molecule has 0 atom stereocenters. The van der Waals surface area contributed by atoms with Crippen LogP contribution in [0.15, 0.2) is 0 Å². The Kier molecular flexibility index (Phi) is 21.4. The molecule has 0 aliphatic carbocycles. The van der Waals surface area contributed by atoms with E-state index in [1.165, 1.54) is 103 Å². The molecule has 0 unspecified atom stereocenters. The molecule has 0 bridgehead atoms. The first-order chi connectivity index (χ1) is 13.6. The third-order valence-corrected chi connectivity index (χ3v) is 5.60. The highest BCUT2D eigenvalue weighted by atomic mass is 16.1. The lowest BCUT2D eigenvalue weighted by Gasteiger charge is -2.04. The third-order valence-electron chi connectivity index (χ3n) is 5.60. The molecule has 4 heteroatoms. The SMILES string of the molecule is NC(=O)CCCCCCCCCCCCCCCCCCCCCCC(N)=O. The van der Waals surface area contributed by atoms with Crippen LogP contribution in [0.4, 0.5) is 0 Å². The predicted molar refractivity (Wildman–Crippen MR) is 120 cm³/mol. The van der Waals surface area contributed by atoms with Crippen molar-refractivity contribution < 1.29 is 9.59 Å². The van der Waals surface area contributed by atoms with Crippen LogP contribution in [0.2, 0.25) is 0 Å². The van der Waals surface area contributed by atoms with Crippen LogP contribution in [0.25, 0.3) is 0 Å². The molecule has 0 rings (SSSR count). The first-order valence-corrected chi connectivity index (χ1v) is 12.2. The Labute approximate surface area is 174 Å². The largest absolute Gasteiger partial charge is 0.370 e. The second kappa shape index (κ2) is 22.2. The van der Waals surface area contributed by atoms with E-state index >= 15 is 0 Å². The fourth-order valence-corrected chi connectivity index (χ4v) is 3.78. The molecule has 166 valence electrons. The molecule has 0 aliphatic heterocycles. The molecular weight excluding hydrogens is 348 g/mol. The lowest BCUT2D eigenvalue weighted by atomic mass is 10.0. The maximum atomic E-state index is 10.6. The lowest BCUT2D eigenvalue weighted by molar-refractivity contribution is -0.119. The van der Waals surface area contributed by atoms with E-state index in [0.717, 1.165) is 25.7 Å². The standard InChI is InChI=1S/C24H48N2O2/c25-23(27)21-19-17-15-13-11-9-7-5-3-1-2-4-6-8-10-12-14-16-18-20-22-24(26)28/h1-22H2,(H2,25,27)(H2,26,28). The van der Waals surface area contributed by atoms with Crippen LogP contribution in [0.1, 0.15) is 141 Å². The highest BCUT2D eigenvalue weighted by Gasteiger charge is 1.97. The van der Waals surface area contributed by atoms with Crippen LogP contribution >= 0.6 is 0 Å². The predicted octanol–water partition coefficient (Wildman–Crippen LogP) is 6.54. The molecule has 4 nitrogen and oxygen atoms in total. The molecule has 0 aromatic heterocycles. The van der Waals surface area contributed by atoms with E-state index in [4.69, 9.17) is 11.5 Å². The molecule has 0 aliphatic rings. The van der Waals surface area contributed by atoms with Gasteiger partial charge in [0.25, 0.3) is 0 Å². The van der Waals surface area contributed by atoms with Crippen molar-refractivity contribution in [1.82, 2.24) is 0 Å². The van der Waals surface area contributed by atoms with Gasteiger partial charge in [0.05, 0.1) is 0 Å². The normalized spacial score (nSPS) is 11.0. The van der Waals surface area contributed by atoms with Crippen molar-refractivity contribution in [2.45, 2.75) is 141 Å². The zero-order valence-electron chi connectivity index (χ0n) is 18.5. The van der Waals surface area contributed by atoms with Crippen molar-refractivity contribution in [3.05, 3.63) is 0 Å². The molecule has 0 saturated heterocycles. The van der Waals surface area contributed by atoms with Crippen molar-refractivity contribution in [2.75, 3.05) is 0 Å². The number of hydrogen-bond acceptors (Lipinski definition) is 2. The lowest BCUT2D eigenvalue weighted by Crippen LogP contribution is -2.09. The van der Waals surface area contributed by atoms with Crippen LogP contribution < -0.4 is 11.5 Å². The van der Waals surface area contributed by atoms with E-state index < -0.39 is 0 Å². The van der Waals surface area contributed by atoms with Gasteiger partial charge in [-0.2, -0.15) is 0 Å². The monoisotopic (exact) mass is 396 g/mol. The number of amides is 2. The van der Waals surface area contributed by atoms with Gasteiger partial charge >= 0.3 is 0 Å². The minimum absolute atomic E-state index is 0.162. The Hall–Kier alpha value is -1.06. The van der Waals surface area contributed by atoms with Gasteiger partial charge in [0.2, 0.25) is 11.8 Å². The average Bonchev–Trinajstić information content (AvgIpc) is 2.65. The van der Waals surface area contributed by atoms with Gasteiger partial charge in [-0.25, -0.2) is 0 Å². The maximum Gasteiger partial charge on any atom is 0.217 e. The van der Waals surface area contributed by atoms with Crippen LogP contribution in [-0.2, 0) is 9.59 Å². The summed E-state index contributed by atoms with van der Waals surface area (Å²) < 4.78 is 0. The second-order valence-corrected chi connectivity index (χ2v) is 8.50. The Morgan fingerprint density at radius 2 is 0.464 bits per heavy atom. The van der Waals surface area contributed by atoms with Gasteiger partial charge in [-0.15, -0.1) is 0 Å². The van der Waals surface area contributed by atoms with Crippen LogP contribution in [0, 0.1) is 0 Å². The van der Waals surface area contributed by atoms with Gasteiger partial charge < -0.3 is 11.5 Å². The van der Waals surface area contributed by atoms with Gasteiger partial charge in [0.15, 0.2) is 0 Å². The summed E-state index contributed by atoms with van der Waals surface area (Å²) in [7, 11) is 0. The number of carbonyl (C=O) groups is 2. The van der Waals surface area contributed by atoms with Gasteiger partial charge in [-0.1, -0.05) is 116 Å². The van der Waals surface area contributed by atoms with Crippen molar-refractivity contribution >= 4 is 11.8 Å². The van der Waals surface area contributed by atoms with Crippen LogP contribution in [0.3, 0.4) is 0 Å². The molecule has 0 spiro atoms. The smallest absolute Gasteiger partial charge is 0.217 e. The van der Waals surface area contributed by atoms with E-state index in [0.29, 0.717) is 12.8 Å². The molecule has 28 heavy (non-hydrogen) atoms. The molecule has 0 saturated carbocycles. The Morgan fingerprint density at radius 3 is 0.607 bits per heavy atom. The summed E-state index contributed by atoms with van der Waals surface area (Å²) in [6.45, 7) is 0. The molecule has 0 radical (unpaired) electrons. The van der Waals surface area contributed by atoms with Gasteiger partial charge in [0, 0.05) is 12.8 Å². The summed E-state index contributed by atoms with van der Waals surface area (Å²) >= 11 is 0. The van der Waals surface area contributed by atoms with E-state index in [-0.39, 0.29) is 11.8 Å². The molecule has 0 aromatic rings. The minimum Gasteiger partial charge on any atom is -0.370 e. The van der Waals surface area contributed by atoms with Crippen molar-refractivity contribution in [3.8, 4) is 0 Å². The van der Waals surface area contributed by atoms with Gasteiger partial charge in [-0.3, -0.25) is 9.59 Å². The number of unbranched alkanes of at least 4 members (excludes halogenated alkanes) is 19. The van der Waals surface area contributed by atoms with E-state index in [2.05, 4.69) is 0 Å². The highest BCUT2D eigenvalue weighted by Crippen LogP contribution is 2.15. The van der Waals surface area contributed by atoms with Crippen molar-refractivity contribution in [1.29, 1.82) is 0 Å². The highest BCUT2D eigenvalue weighted by molar-refractivity contribution is 5.73.